The van der Waals surface area contributed by atoms with Crippen molar-refractivity contribution in [1.29, 1.82) is 0 Å². The van der Waals surface area contributed by atoms with Crippen LogP contribution in [-0.2, 0) is 0 Å². The Morgan fingerprint density at radius 2 is 1.50 bits per heavy atom. The lowest BCUT2D eigenvalue weighted by molar-refractivity contribution is 0.0734. The fourth-order valence-corrected chi connectivity index (χ4v) is 1.68. The summed E-state index contributed by atoms with van der Waals surface area (Å²) >= 11 is 0. The Labute approximate surface area is 117 Å². The number of aryl methyl sites for hydroxylation is 1. The summed E-state index contributed by atoms with van der Waals surface area (Å²) in [5, 5.41) is 0. The second kappa shape index (κ2) is 6.12. The number of ether oxygens (including phenoxy) is 1. The predicted molar refractivity (Wildman–Crippen MR) is 76.0 cm³/mol. The number of hydrogen-bond donors (Lipinski definition) is 1. The molecule has 0 atom stereocenters. The summed E-state index contributed by atoms with van der Waals surface area (Å²) in [7, 11) is 0. The lowest BCUT2D eigenvalue weighted by Gasteiger charge is -2.05. The molecule has 0 fully saturated rings. The Morgan fingerprint density at radius 3 is 2.05 bits per heavy atom. The van der Waals surface area contributed by atoms with Gasteiger partial charge in [0.05, 0.1) is 12.1 Å². The number of rotatable bonds is 4. The molecule has 102 valence electrons. The largest absolute Gasteiger partial charge is 0.423 e. The molecule has 0 heterocycles. The van der Waals surface area contributed by atoms with E-state index in [1.165, 1.54) is 0 Å². The van der Waals surface area contributed by atoms with Gasteiger partial charge in [0, 0.05) is 5.56 Å². The monoisotopic (exact) mass is 269 g/mol. The van der Waals surface area contributed by atoms with Crippen molar-refractivity contribution in [2.75, 3.05) is 6.54 Å². The SMILES string of the molecule is Cc1ccc(C(=O)Oc2ccc(C(=O)CN)cc2)cc1. The topological polar surface area (TPSA) is 69.4 Å². The van der Waals surface area contributed by atoms with E-state index in [9.17, 15) is 9.59 Å². The smallest absolute Gasteiger partial charge is 0.343 e. The summed E-state index contributed by atoms with van der Waals surface area (Å²) in [6, 6.07) is 13.5. The minimum atomic E-state index is -0.428. The van der Waals surface area contributed by atoms with E-state index in [-0.39, 0.29) is 12.3 Å². The van der Waals surface area contributed by atoms with Gasteiger partial charge in [-0.25, -0.2) is 4.79 Å². The van der Waals surface area contributed by atoms with Crippen LogP contribution in [0.2, 0.25) is 0 Å². The van der Waals surface area contributed by atoms with E-state index < -0.39 is 5.97 Å². The van der Waals surface area contributed by atoms with Crippen molar-refractivity contribution < 1.29 is 14.3 Å². The zero-order chi connectivity index (χ0) is 14.5. The number of nitrogens with two attached hydrogens (primary N) is 1. The highest BCUT2D eigenvalue weighted by atomic mass is 16.5. The van der Waals surface area contributed by atoms with Crippen LogP contribution >= 0.6 is 0 Å². The van der Waals surface area contributed by atoms with E-state index in [0.717, 1.165) is 5.56 Å². The average Bonchev–Trinajstić information content (AvgIpc) is 2.48. The van der Waals surface area contributed by atoms with E-state index in [1.807, 2.05) is 19.1 Å². The van der Waals surface area contributed by atoms with Crippen LogP contribution in [0.5, 0.6) is 5.75 Å². The second-order valence-electron chi connectivity index (χ2n) is 4.41. The van der Waals surface area contributed by atoms with Crippen LogP contribution in [0.4, 0.5) is 0 Å². The lowest BCUT2D eigenvalue weighted by atomic mass is 10.1. The molecule has 0 amide bonds. The van der Waals surface area contributed by atoms with E-state index in [0.29, 0.717) is 16.9 Å². The summed E-state index contributed by atoms with van der Waals surface area (Å²) in [6.45, 7) is 1.91. The highest BCUT2D eigenvalue weighted by Crippen LogP contribution is 2.15. The number of ketones is 1. The molecule has 2 aromatic carbocycles. The van der Waals surface area contributed by atoms with Crippen molar-refractivity contribution >= 4 is 11.8 Å². The zero-order valence-corrected chi connectivity index (χ0v) is 11.1. The molecule has 4 nitrogen and oxygen atoms in total. The summed E-state index contributed by atoms with van der Waals surface area (Å²) in [4.78, 5) is 23.3. The average molecular weight is 269 g/mol. The molecule has 0 aromatic heterocycles. The first-order valence-corrected chi connectivity index (χ1v) is 6.22. The number of carbonyl (C=O) groups is 2. The van der Waals surface area contributed by atoms with Gasteiger partial charge in [0.2, 0.25) is 0 Å². The third-order valence-electron chi connectivity index (χ3n) is 2.86. The molecular formula is C16H15NO3. The quantitative estimate of drug-likeness (QED) is 0.525. The van der Waals surface area contributed by atoms with Crippen LogP contribution in [0.15, 0.2) is 48.5 Å². The van der Waals surface area contributed by atoms with E-state index >= 15 is 0 Å². The normalized spacial score (nSPS) is 10.1. The number of carbonyl (C=O) groups excluding carboxylic acids is 2. The molecule has 0 saturated heterocycles. The van der Waals surface area contributed by atoms with Gasteiger partial charge in [0.1, 0.15) is 5.75 Å². The molecule has 2 rings (SSSR count). The molecule has 0 aliphatic heterocycles. The van der Waals surface area contributed by atoms with Gasteiger partial charge in [-0.2, -0.15) is 0 Å². The maximum Gasteiger partial charge on any atom is 0.343 e. The maximum absolute atomic E-state index is 11.9. The molecule has 0 spiro atoms. The number of esters is 1. The van der Waals surface area contributed by atoms with Gasteiger partial charge in [0.15, 0.2) is 5.78 Å². The predicted octanol–water partition coefficient (Wildman–Crippen LogP) is 2.36. The minimum Gasteiger partial charge on any atom is -0.423 e. The fourth-order valence-electron chi connectivity index (χ4n) is 1.68. The van der Waals surface area contributed by atoms with Crippen molar-refractivity contribution in [2.24, 2.45) is 5.73 Å². The van der Waals surface area contributed by atoms with Crippen LogP contribution in [-0.4, -0.2) is 18.3 Å². The Balaban J connectivity index is 2.08. The van der Waals surface area contributed by atoms with Gasteiger partial charge in [-0.05, 0) is 43.3 Å². The number of Topliss-reactive ketones (excluding diaryl/α,β-unsaturated/α-hetero) is 1. The van der Waals surface area contributed by atoms with Crippen LogP contribution in [0.25, 0.3) is 0 Å². The number of benzene rings is 2. The van der Waals surface area contributed by atoms with Crippen molar-refractivity contribution in [3.05, 3.63) is 65.2 Å². The Morgan fingerprint density at radius 1 is 0.950 bits per heavy atom. The van der Waals surface area contributed by atoms with E-state index in [1.54, 1.807) is 36.4 Å². The van der Waals surface area contributed by atoms with E-state index in [4.69, 9.17) is 10.5 Å². The molecular weight excluding hydrogens is 254 g/mol. The van der Waals surface area contributed by atoms with Gasteiger partial charge >= 0.3 is 5.97 Å². The summed E-state index contributed by atoms with van der Waals surface area (Å²) in [6.07, 6.45) is 0. The van der Waals surface area contributed by atoms with E-state index in [2.05, 4.69) is 0 Å². The van der Waals surface area contributed by atoms with Gasteiger partial charge in [-0.3, -0.25) is 4.79 Å². The first kappa shape index (κ1) is 14.0. The Bertz CT molecular complexity index is 615. The van der Waals surface area contributed by atoms with Gasteiger partial charge in [-0.1, -0.05) is 17.7 Å². The van der Waals surface area contributed by atoms with Crippen molar-refractivity contribution in [3.8, 4) is 5.75 Å². The zero-order valence-electron chi connectivity index (χ0n) is 11.1. The first-order valence-electron chi connectivity index (χ1n) is 6.22. The lowest BCUT2D eigenvalue weighted by Crippen LogP contribution is -2.13. The van der Waals surface area contributed by atoms with Crippen LogP contribution in [0.3, 0.4) is 0 Å². The molecule has 0 saturated carbocycles. The third kappa shape index (κ3) is 3.30. The Kier molecular flexibility index (Phi) is 4.27. The summed E-state index contributed by atoms with van der Waals surface area (Å²) in [5.41, 5.74) is 7.34. The van der Waals surface area contributed by atoms with Crippen molar-refractivity contribution in [3.63, 3.8) is 0 Å². The molecule has 20 heavy (non-hydrogen) atoms. The molecule has 0 aliphatic carbocycles. The van der Waals surface area contributed by atoms with Crippen LogP contribution < -0.4 is 10.5 Å². The Hall–Kier alpha value is -2.46. The van der Waals surface area contributed by atoms with Gasteiger partial charge < -0.3 is 10.5 Å². The molecule has 2 N–H and O–H groups in total. The molecule has 0 aliphatic rings. The molecule has 4 heteroatoms. The molecule has 0 unspecified atom stereocenters. The molecule has 0 radical (unpaired) electrons. The summed E-state index contributed by atoms with van der Waals surface area (Å²) in [5.74, 6) is -0.187. The standard InChI is InChI=1S/C16H15NO3/c1-11-2-4-13(5-3-11)16(19)20-14-8-6-12(7-9-14)15(18)10-17/h2-9H,10,17H2,1H3. The molecule has 2 aromatic rings. The highest BCUT2D eigenvalue weighted by molar-refractivity contribution is 5.97. The van der Waals surface area contributed by atoms with Gasteiger partial charge in [0.25, 0.3) is 0 Å². The first-order chi connectivity index (χ1) is 9.60. The van der Waals surface area contributed by atoms with Crippen molar-refractivity contribution in [1.82, 2.24) is 0 Å². The maximum atomic E-state index is 11.9. The minimum absolute atomic E-state index is 0.0392. The van der Waals surface area contributed by atoms with Gasteiger partial charge in [-0.15, -0.1) is 0 Å². The number of hydrogen-bond acceptors (Lipinski definition) is 4. The van der Waals surface area contributed by atoms with Crippen LogP contribution in [0, 0.1) is 6.92 Å². The fraction of sp³-hybridized carbons (Fsp3) is 0.125. The van der Waals surface area contributed by atoms with Crippen molar-refractivity contribution in [2.45, 2.75) is 6.92 Å². The highest BCUT2D eigenvalue weighted by Gasteiger charge is 2.09. The molecule has 0 bridgehead atoms. The second-order valence-corrected chi connectivity index (χ2v) is 4.41. The third-order valence-corrected chi connectivity index (χ3v) is 2.86. The summed E-state index contributed by atoms with van der Waals surface area (Å²) < 4.78 is 5.23. The van der Waals surface area contributed by atoms with Crippen LogP contribution in [0.1, 0.15) is 26.3 Å².